The molecule has 1 aliphatic rings. The highest BCUT2D eigenvalue weighted by Gasteiger charge is 2.45. The van der Waals surface area contributed by atoms with Crippen molar-refractivity contribution in [3.8, 4) is 66.8 Å². The SMILES string of the molecule is CC1(C)CC(C)(c2ccc(-c3ccc(N(c4ccc(-c5ccccc5)cc4)c4ccc(-c5ccccc5)cc4)cc3)cc2)c2cc(-c3ccc(N(c4ccc(-c5ccccc5)cc4)c4ccc(-c5ccccc5)cc4)cc3)ccc21. The Hall–Kier alpha value is -9.76. The van der Waals surface area contributed by atoms with Crippen molar-refractivity contribution >= 4 is 34.1 Å². The van der Waals surface area contributed by atoms with Crippen molar-refractivity contribution in [2.45, 2.75) is 38.0 Å². The maximum atomic E-state index is 2.48. The fourth-order valence-electron chi connectivity index (χ4n) is 12.4. The van der Waals surface area contributed by atoms with E-state index in [-0.39, 0.29) is 10.8 Å². The largest absolute Gasteiger partial charge is 0.311 e. The van der Waals surface area contributed by atoms with Gasteiger partial charge in [0.1, 0.15) is 0 Å². The Labute approximate surface area is 472 Å². The topological polar surface area (TPSA) is 6.48 Å². The Morgan fingerprint density at radius 2 is 0.450 bits per heavy atom. The van der Waals surface area contributed by atoms with E-state index < -0.39 is 0 Å². The smallest absolute Gasteiger partial charge is 0.0462 e. The van der Waals surface area contributed by atoms with Crippen molar-refractivity contribution in [1.82, 2.24) is 0 Å². The molecule has 80 heavy (non-hydrogen) atoms. The second-order valence-corrected chi connectivity index (χ2v) is 22.1. The van der Waals surface area contributed by atoms with E-state index in [0.29, 0.717) is 0 Å². The molecule has 0 fully saturated rings. The molecule has 0 spiro atoms. The minimum absolute atomic E-state index is 0.0171. The zero-order valence-electron chi connectivity index (χ0n) is 45.5. The fraction of sp³-hybridized carbons (Fsp3) is 0.0769. The van der Waals surface area contributed by atoms with Gasteiger partial charge in [0.2, 0.25) is 0 Å². The van der Waals surface area contributed by atoms with Gasteiger partial charge < -0.3 is 9.80 Å². The van der Waals surface area contributed by atoms with Crippen molar-refractivity contribution in [3.05, 3.63) is 326 Å². The van der Waals surface area contributed by atoms with Crippen LogP contribution < -0.4 is 9.80 Å². The van der Waals surface area contributed by atoms with Crippen LogP contribution in [0.25, 0.3) is 66.8 Å². The van der Waals surface area contributed by atoms with E-state index in [1.54, 1.807) is 0 Å². The Bertz CT molecular complexity index is 3860. The van der Waals surface area contributed by atoms with Crippen LogP contribution in [0.2, 0.25) is 0 Å². The van der Waals surface area contributed by atoms with Gasteiger partial charge in [-0.25, -0.2) is 0 Å². The minimum atomic E-state index is -0.168. The molecular formula is C78H62N2. The van der Waals surface area contributed by atoms with E-state index in [9.17, 15) is 0 Å². The lowest BCUT2D eigenvalue weighted by Crippen LogP contribution is -2.23. The summed E-state index contributed by atoms with van der Waals surface area (Å²) in [5, 5.41) is 0. The van der Waals surface area contributed by atoms with Crippen LogP contribution in [-0.4, -0.2) is 0 Å². The molecule has 0 aliphatic heterocycles. The lowest BCUT2D eigenvalue weighted by atomic mass is 9.74. The highest BCUT2D eigenvalue weighted by atomic mass is 15.1. The van der Waals surface area contributed by atoms with Crippen LogP contribution in [0.5, 0.6) is 0 Å². The third kappa shape index (κ3) is 9.82. The van der Waals surface area contributed by atoms with Crippen LogP contribution in [0, 0.1) is 0 Å². The fourth-order valence-corrected chi connectivity index (χ4v) is 12.4. The third-order valence-electron chi connectivity index (χ3n) is 16.5. The molecule has 0 bridgehead atoms. The number of anilines is 6. The number of nitrogens with zero attached hydrogens (tertiary/aromatic N) is 2. The van der Waals surface area contributed by atoms with Gasteiger partial charge >= 0.3 is 0 Å². The summed E-state index contributed by atoms with van der Waals surface area (Å²) in [5.74, 6) is 0. The zero-order valence-corrected chi connectivity index (χ0v) is 45.5. The molecule has 1 aliphatic carbocycles. The number of hydrogen-bond acceptors (Lipinski definition) is 2. The first kappa shape index (κ1) is 49.8. The maximum absolute atomic E-state index is 2.48. The summed E-state index contributed by atoms with van der Waals surface area (Å²) < 4.78 is 0. The van der Waals surface area contributed by atoms with Gasteiger partial charge in [-0.1, -0.05) is 251 Å². The molecule has 2 nitrogen and oxygen atoms in total. The highest BCUT2D eigenvalue weighted by Crippen LogP contribution is 2.54. The summed E-state index contributed by atoms with van der Waals surface area (Å²) in [6.07, 6.45) is 1.03. The third-order valence-corrected chi connectivity index (χ3v) is 16.5. The van der Waals surface area contributed by atoms with Gasteiger partial charge in [0.15, 0.2) is 0 Å². The summed E-state index contributed by atoms with van der Waals surface area (Å²) in [6, 6.07) is 113. The summed E-state index contributed by atoms with van der Waals surface area (Å²) in [5.41, 5.74) is 25.1. The first-order chi connectivity index (χ1) is 39.2. The van der Waals surface area contributed by atoms with Gasteiger partial charge in [-0.15, -0.1) is 0 Å². The molecule has 0 amide bonds. The summed E-state index contributed by atoms with van der Waals surface area (Å²) in [4.78, 5) is 4.71. The van der Waals surface area contributed by atoms with Crippen molar-refractivity contribution in [2.75, 3.05) is 9.80 Å². The van der Waals surface area contributed by atoms with E-state index in [1.807, 2.05) is 0 Å². The van der Waals surface area contributed by atoms with Gasteiger partial charge in [0, 0.05) is 39.5 Å². The van der Waals surface area contributed by atoms with Gasteiger partial charge in [-0.05, 0) is 174 Å². The average Bonchev–Trinajstić information content (AvgIpc) is 4.00. The predicted molar refractivity (Wildman–Crippen MR) is 339 cm³/mol. The molecule has 12 aromatic rings. The van der Waals surface area contributed by atoms with Crippen molar-refractivity contribution in [2.24, 2.45) is 0 Å². The Morgan fingerprint density at radius 1 is 0.225 bits per heavy atom. The Kier molecular flexibility index (Phi) is 13.2. The van der Waals surface area contributed by atoms with Crippen LogP contribution >= 0.6 is 0 Å². The lowest BCUT2D eigenvalue weighted by molar-refractivity contribution is 0.425. The quantitative estimate of drug-likeness (QED) is 0.114. The monoisotopic (exact) mass is 1030 g/mol. The van der Waals surface area contributed by atoms with Gasteiger partial charge in [0.05, 0.1) is 0 Å². The first-order valence-electron chi connectivity index (χ1n) is 27.9. The first-order valence-corrected chi connectivity index (χ1v) is 27.9. The van der Waals surface area contributed by atoms with Gasteiger partial charge in [-0.3, -0.25) is 0 Å². The number of fused-ring (bicyclic) bond motifs is 1. The normalized spacial score (nSPS) is 14.3. The summed E-state index contributed by atoms with van der Waals surface area (Å²) in [7, 11) is 0. The molecule has 0 saturated heterocycles. The second kappa shape index (κ2) is 21.2. The van der Waals surface area contributed by atoms with Crippen molar-refractivity contribution in [3.63, 3.8) is 0 Å². The molecular weight excluding hydrogens is 965 g/mol. The minimum Gasteiger partial charge on any atom is -0.311 e. The summed E-state index contributed by atoms with van der Waals surface area (Å²) in [6.45, 7) is 7.27. The number of benzene rings is 12. The Morgan fingerprint density at radius 3 is 0.725 bits per heavy atom. The molecule has 0 heterocycles. The molecule has 1 unspecified atom stereocenters. The molecule has 13 rings (SSSR count). The van der Waals surface area contributed by atoms with Gasteiger partial charge in [0.25, 0.3) is 0 Å². The van der Waals surface area contributed by atoms with Gasteiger partial charge in [-0.2, -0.15) is 0 Å². The van der Waals surface area contributed by atoms with Crippen LogP contribution in [0.15, 0.2) is 309 Å². The Balaban J connectivity index is 0.776. The van der Waals surface area contributed by atoms with E-state index >= 15 is 0 Å². The molecule has 0 radical (unpaired) electrons. The molecule has 1 atom stereocenters. The van der Waals surface area contributed by atoms with Crippen LogP contribution in [0.4, 0.5) is 34.1 Å². The molecule has 0 aromatic heterocycles. The van der Waals surface area contributed by atoms with Crippen molar-refractivity contribution in [1.29, 1.82) is 0 Å². The standard InChI is InChI=1S/C78H62N2/c1-77(2)55-78(3,68-39-24-60(25-40-68)65-34-49-73(50-35-65)79(69-41-26-61(27-42-69)56-16-8-4-9-17-56)70-43-28-62(29-44-70)57-18-10-5-11-19-57)76-54-67(38-53-75(76)77)66-36-51-74(52-37-66)80(71-45-30-63(31-46-71)58-20-12-6-13-21-58)72-47-32-64(33-48-72)59-22-14-7-15-23-59/h4-54H,55H2,1-3H3. The van der Waals surface area contributed by atoms with E-state index in [1.165, 1.54) is 83.5 Å². The predicted octanol–water partition coefficient (Wildman–Crippen LogP) is 21.6. The van der Waals surface area contributed by atoms with Crippen LogP contribution in [0.3, 0.4) is 0 Å². The zero-order chi connectivity index (χ0) is 54.0. The molecule has 0 N–H and O–H groups in total. The van der Waals surface area contributed by atoms with Crippen LogP contribution in [0.1, 0.15) is 43.9 Å². The maximum Gasteiger partial charge on any atom is 0.0462 e. The van der Waals surface area contributed by atoms with E-state index in [0.717, 1.165) is 40.5 Å². The van der Waals surface area contributed by atoms with Crippen molar-refractivity contribution < 1.29 is 0 Å². The van der Waals surface area contributed by atoms with E-state index in [2.05, 4.69) is 340 Å². The average molecular weight is 1030 g/mol. The number of rotatable bonds is 13. The number of hydrogen-bond donors (Lipinski definition) is 0. The molecule has 384 valence electrons. The molecule has 0 saturated carbocycles. The molecule has 2 heteroatoms. The van der Waals surface area contributed by atoms with Crippen LogP contribution in [-0.2, 0) is 10.8 Å². The highest BCUT2D eigenvalue weighted by molar-refractivity contribution is 5.83. The lowest BCUT2D eigenvalue weighted by Gasteiger charge is -2.29. The summed E-state index contributed by atoms with van der Waals surface area (Å²) >= 11 is 0. The second-order valence-electron chi connectivity index (χ2n) is 22.1. The van der Waals surface area contributed by atoms with E-state index in [4.69, 9.17) is 0 Å². The molecule has 12 aromatic carbocycles.